The smallest absolute Gasteiger partial charge is 0.354 e. The van der Waals surface area contributed by atoms with E-state index in [4.69, 9.17) is 4.74 Å². The van der Waals surface area contributed by atoms with Gasteiger partial charge in [-0.25, -0.2) is 4.79 Å². The third kappa shape index (κ3) is 4.65. The second kappa shape index (κ2) is 9.39. The Balaban J connectivity index is 2.31. The van der Waals surface area contributed by atoms with Gasteiger partial charge in [-0.1, -0.05) is 33.1 Å². The summed E-state index contributed by atoms with van der Waals surface area (Å²) in [5, 5.41) is 0. The first kappa shape index (κ1) is 22.2. The molecule has 1 atom stereocenters. The molecule has 1 saturated carbocycles. The highest BCUT2D eigenvalue weighted by Crippen LogP contribution is 2.27. The number of H-pyrrole nitrogens is 1. The number of amides is 1. The number of hydrogen-bond acceptors (Lipinski definition) is 4. The molecular formula is C22H34N2O4. The fourth-order valence-corrected chi connectivity index (χ4v) is 4.19. The molecule has 0 aromatic carbocycles. The first-order valence-electron chi connectivity index (χ1n) is 10.3. The largest absolute Gasteiger partial charge is 0.464 e. The molecule has 1 aliphatic carbocycles. The molecule has 0 saturated heterocycles. The highest BCUT2D eigenvalue weighted by Gasteiger charge is 2.33. The Morgan fingerprint density at radius 3 is 2.25 bits per heavy atom. The molecule has 1 aromatic heterocycles. The number of methoxy groups -OCH3 is 1. The maximum absolute atomic E-state index is 13.4. The number of aromatic amines is 1. The predicted octanol–water partition coefficient (Wildman–Crippen LogP) is 4.05. The molecule has 1 aliphatic rings. The number of ketones is 1. The average Bonchev–Trinajstić information content (AvgIpc) is 2.98. The van der Waals surface area contributed by atoms with E-state index in [9.17, 15) is 14.4 Å². The van der Waals surface area contributed by atoms with E-state index in [-0.39, 0.29) is 17.6 Å². The van der Waals surface area contributed by atoms with Crippen molar-refractivity contribution in [2.24, 2.45) is 11.8 Å². The van der Waals surface area contributed by atoms with Crippen LogP contribution in [0.5, 0.6) is 0 Å². The fraction of sp³-hybridized carbons (Fsp3) is 0.682. The van der Waals surface area contributed by atoms with Crippen molar-refractivity contribution in [3.05, 3.63) is 22.5 Å². The minimum atomic E-state index is -0.574. The van der Waals surface area contributed by atoms with Crippen LogP contribution in [0.1, 0.15) is 85.0 Å². The van der Waals surface area contributed by atoms with Crippen molar-refractivity contribution < 1.29 is 19.1 Å². The van der Waals surface area contributed by atoms with Gasteiger partial charge in [0, 0.05) is 23.7 Å². The summed E-state index contributed by atoms with van der Waals surface area (Å²) in [4.78, 5) is 43.0. The first-order chi connectivity index (χ1) is 13.2. The summed E-state index contributed by atoms with van der Waals surface area (Å²) in [6.07, 6.45) is 5.85. The van der Waals surface area contributed by atoms with E-state index in [1.54, 1.807) is 25.7 Å². The molecule has 2 rings (SSSR count). The van der Waals surface area contributed by atoms with Gasteiger partial charge in [0.05, 0.1) is 13.2 Å². The van der Waals surface area contributed by atoms with Gasteiger partial charge < -0.3 is 14.6 Å². The number of nitrogens with one attached hydrogen (secondary N) is 1. The van der Waals surface area contributed by atoms with Crippen molar-refractivity contribution in [2.75, 3.05) is 13.7 Å². The number of hydrogen-bond donors (Lipinski definition) is 1. The van der Waals surface area contributed by atoms with E-state index in [2.05, 4.69) is 4.98 Å². The second-order valence-electron chi connectivity index (χ2n) is 8.31. The van der Waals surface area contributed by atoms with Crippen LogP contribution in [0.2, 0.25) is 0 Å². The van der Waals surface area contributed by atoms with Gasteiger partial charge >= 0.3 is 5.97 Å². The van der Waals surface area contributed by atoms with Crippen molar-refractivity contribution in [1.82, 2.24) is 9.88 Å². The van der Waals surface area contributed by atoms with Crippen LogP contribution < -0.4 is 0 Å². The maximum Gasteiger partial charge on any atom is 0.354 e. The summed E-state index contributed by atoms with van der Waals surface area (Å²) in [7, 11) is 1.31. The van der Waals surface area contributed by atoms with Crippen LogP contribution in [0.4, 0.5) is 0 Å². The standard InChI is InChI=1S/C22H34N2O4/c1-13(2)21(26)24(12-17-10-8-7-9-11-17)16(5)20(25)18-14(3)19(22(27)28-6)23-15(18)4/h13,16-17,23H,7-12H2,1-6H3/t16-/m1/s1. The highest BCUT2D eigenvalue weighted by molar-refractivity contribution is 6.06. The third-order valence-electron chi connectivity index (χ3n) is 5.88. The van der Waals surface area contributed by atoms with Crippen LogP contribution in [0.15, 0.2) is 0 Å². The number of carbonyl (C=O) groups is 3. The lowest BCUT2D eigenvalue weighted by molar-refractivity contribution is -0.136. The van der Waals surface area contributed by atoms with Gasteiger partial charge in [0.15, 0.2) is 5.78 Å². The summed E-state index contributed by atoms with van der Waals surface area (Å²) in [6, 6.07) is -0.574. The van der Waals surface area contributed by atoms with Gasteiger partial charge in [0.1, 0.15) is 5.69 Å². The Morgan fingerprint density at radius 1 is 1.11 bits per heavy atom. The van der Waals surface area contributed by atoms with E-state index in [1.807, 2.05) is 13.8 Å². The summed E-state index contributed by atoms with van der Waals surface area (Å²) < 4.78 is 4.80. The molecule has 0 aliphatic heterocycles. The van der Waals surface area contributed by atoms with Gasteiger partial charge in [-0.2, -0.15) is 0 Å². The summed E-state index contributed by atoms with van der Waals surface area (Å²) in [5.41, 5.74) is 1.99. The molecule has 0 spiro atoms. The van der Waals surface area contributed by atoms with Gasteiger partial charge in [-0.15, -0.1) is 0 Å². The number of rotatable bonds is 7. The quantitative estimate of drug-likeness (QED) is 0.562. The number of aryl methyl sites for hydroxylation is 1. The van der Waals surface area contributed by atoms with Crippen molar-refractivity contribution in [1.29, 1.82) is 0 Å². The molecule has 1 fully saturated rings. The number of carbonyl (C=O) groups excluding carboxylic acids is 3. The van der Waals surface area contributed by atoms with Crippen LogP contribution in [-0.4, -0.2) is 47.2 Å². The van der Waals surface area contributed by atoms with Gasteiger partial charge in [0.25, 0.3) is 0 Å². The number of aromatic nitrogens is 1. The predicted molar refractivity (Wildman–Crippen MR) is 109 cm³/mol. The second-order valence-corrected chi connectivity index (χ2v) is 8.31. The Kier molecular flexibility index (Phi) is 7.44. The molecule has 0 unspecified atom stereocenters. The highest BCUT2D eigenvalue weighted by atomic mass is 16.5. The van der Waals surface area contributed by atoms with Gasteiger partial charge in [-0.05, 0) is 45.1 Å². The van der Waals surface area contributed by atoms with Crippen molar-refractivity contribution in [2.45, 2.75) is 72.8 Å². The van der Waals surface area contributed by atoms with Gasteiger partial charge in [0.2, 0.25) is 5.91 Å². The number of ether oxygens (including phenoxy) is 1. The normalized spacial score (nSPS) is 16.1. The van der Waals surface area contributed by atoms with Crippen molar-refractivity contribution in [3.63, 3.8) is 0 Å². The van der Waals surface area contributed by atoms with Gasteiger partial charge in [-0.3, -0.25) is 9.59 Å². The monoisotopic (exact) mass is 390 g/mol. The Bertz CT molecular complexity index is 729. The van der Waals surface area contributed by atoms with Crippen LogP contribution in [-0.2, 0) is 9.53 Å². The molecule has 0 bridgehead atoms. The zero-order valence-corrected chi connectivity index (χ0v) is 18.1. The van der Waals surface area contributed by atoms with E-state index in [0.29, 0.717) is 35.0 Å². The lowest BCUT2D eigenvalue weighted by atomic mass is 9.88. The van der Waals surface area contributed by atoms with Crippen molar-refractivity contribution >= 4 is 17.7 Å². The van der Waals surface area contributed by atoms with Crippen LogP contribution in [0.3, 0.4) is 0 Å². The Morgan fingerprint density at radius 2 is 1.71 bits per heavy atom. The molecule has 1 heterocycles. The third-order valence-corrected chi connectivity index (χ3v) is 5.88. The maximum atomic E-state index is 13.4. The zero-order valence-electron chi connectivity index (χ0n) is 18.1. The molecule has 28 heavy (non-hydrogen) atoms. The summed E-state index contributed by atoms with van der Waals surface area (Å²) in [6.45, 7) is 9.68. The Hall–Kier alpha value is -2.11. The minimum absolute atomic E-state index is 0.00505. The van der Waals surface area contributed by atoms with Crippen molar-refractivity contribution in [3.8, 4) is 0 Å². The average molecular weight is 391 g/mol. The fourth-order valence-electron chi connectivity index (χ4n) is 4.19. The Labute approximate surface area is 168 Å². The van der Waals surface area contributed by atoms with E-state index >= 15 is 0 Å². The number of esters is 1. The molecule has 156 valence electrons. The lowest BCUT2D eigenvalue weighted by Gasteiger charge is -2.34. The van der Waals surface area contributed by atoms with Crippen LogP contribution in [0, 0.1) is 25.7 Å². The molecular weight excluding hydrogens is 356 g/mol. The van der Waals surface area contributed by atoms with Crippen LogP contribution >= 0.6 is 0 Å². The van der Waals surface area contributed by atoms with E-state index < -0.39 is 12.0 Å². The van der Waals surface area contributed by atoms with Crippen LogP contribution in [0.25, 0.3) is 0 Å². The molecule has 6 heteroatoms. The topological polar surface area (TPSA) is 79.5 Å². The minimum Gasteiger partial charge on any atom is -0.464 e. The number of nitrogens with zero attached hydrogens (tertiary/aromatic N) is 1. The molecule has 1 amide bonds. The lowest BCUT2D eigenvalue weighted by Crippen LogP contribution is -2.47. The molecule has 0 radical (unpaired) electrons. The zero-order chi connectivity index (χ0) is 21.0. The van der Waals surface area contributed by atoms with E-state index in [1.165, 1.54) is 26.4 Å². The first-order valence-corrected chi connectivity index (χ1v) is 10.3. The summed E-state index contributed by atoms with van der Waals surface area (Å²) >= 11 is 0. The molecule has 1 aromatic rings. The SMILES string of the molecule is COC(=O)c1[nH]c(C)c(C(=O)[C@@H](C)N(CC2CCCCC2)C(=O)C(C)C)c1C. The summed E-state index contributed by atoms with van der Waals surface area (Å²) in [5.74, 6) is -0.343. The molecule has 6 nitrogen and oxygen atoms in total. The molecule has 1 N–H and O–H groups in total. The van der Waals surface area contributed by atoms with E-state index in [0.717, 1.165) is 12.8 Å². The number of Topliss-reactive ketones (excluding diaryl/α,β-unsaturated/α-hetero) is 1.